The number of benzene rings is 1. The largest absolute Gasteiger partial charge is 0.335 e. The topological polar surface area (TPSA) is 44.4 Å². The van der Waals surface area contributed by atoms with Gasteiger partial charge < -0.3 is 10.6 Å². The number of carbonyl (C=O) groups is 1. The van der Waals surface area contributed by atoms with Gasteiger partial charge in [0.15, 0.2) is 0 Å². The summed E-state index contributed by atoms with van der Waals surface area (Å²) in [5.74, 6) is 0.502. The minimum atomic E-state index is -0.0768. The summed E-state index contributed by atoms with van der Waals surface area (Å²) in [6.45, 7) is 5.42. The van der Waals surface area contributed by atoms with Crippen molar-refractivity contribution in [1.29, 1.82) is 0 Å². The molecule has 2 fully saturated rings. The van der Waals surface area contributed by atoms with Gasteiger partial charge in [-0.25, -0.2) is 4.79 Å². The molecule has 2 atom stereocenters. The summed E-state index contributed by atoms with van der Waals surface area (Å²) in [5, 5.41) is 8.41. The summed E-state index contributed by atoms with van der Waals surface area (Å²) in [7, 11) is 0. The Bertz CT molecular complexity index is 758. The van der Waals surface area contributed by atoms with E-state index in [2.05, 4.69) is 59.0 Å². The van der Waals surface area contributed by atoms with Crippen LogP contribution in [0.5, 0.6) is 0 Å². The van der Waals surface area contributed by atoms with Crippen molar-refractivity contribution in [2.45, 2.75) is 76.5 Å². The summed E-state index contributed by atoms with van der Waals surface area (Å²) >= 11 is 1.85. The first-order valence-corrected chi connectivity index (χ1v) is 11.4. The standard InChI is InChI=1S/C23H31N3OS/c1-16(2)17-8-10-18(11-9-17)24-23(27)25-19-13-20-5-3-6-21(14-19)26(20)15-22-7-4-12-28-22/h4,7-12,16,19-21H,3,5-6,13-15H2,1-2H3,(H2,24,25,27)/t20-,21-/m1/s1. The highest BCUT2D eigenvalue weighted by Gasteiger charge is 2.38. The van der Waals surface area contributed by atoms with E-state index < -0.39 is 0 Å². The van der Waals surface area contributed by atoms with E-state index in [9.17, 15) is 4.79 Å². The number of piperidine rings is 2. The van der Waals surface area contributed by atoms with Crippen LogP contribution in [0, 0.1) is 0 Å². The molecule has 1 aromatic carbocycles. The van der Waals surface area contributed by atoms with E-state index in [1.807, 2.05) is 23.5 Å². The molecular formula is C23H31N3OS. The highest BCUT2D eigenvalue weighted by atomic mass is 32.1. The van der Waals surface area contributed by atoms with Crippen molar-refractivity contribution in [1.82, 2.24) is 10.2 Å². The van der Waals surface area contributed by atoms with Gasteiger partial charge in [0, 0.05) is 35.2 Å². The van der Waals surface area contributed by atoms with Gasteiger partial charge in [0.05, 0.1) is 0 Å². The zero-order valence-corrected chi connectivity index (χ0v) is 17.7. The number of amides is 2. The van der Waals surface area contributed by atoms with Crippen molar-refractivity contribution in [3.05, 3.63) is 52.2 Å². The first-order valence-electron chi connectivity index (χ1n) is 10.5. The summed E-state index contributed by atoms with van der Waals surface area (Å²) in [6.07, 6.45) is 5.93. The lowest BCUT2D eigenvalue weighted by molar-refractivity contribution is 0.0208. The number of nitrogens with one attached hydrogen (secondary N) is 2. The molecule has 2 bridgehead atoms. The molecule has 0 unspecified atom stereocenters. The monoisotopic (exact) mass is 397 g/mol. The van der Waals surface area contributed by atoms with Gasteiger partial charge in [-0.1, -0.05) is 38.5 Å². The maximum Gasteiger partial charge on any atom is 0.319 e. The van der Waals surface area contributed by atoms with Crippen LogP contribution in [0.3, 0.4) is 0 Å². The van der Waals surface area contributed by atoms with Crippen molar-refractivity contribution in [2.75, 3.05) is 5.32 Å². The second kappa shape index (κ2) is 8.66. The molecule has 2 aromatic rings. The fourth-order valence-corrected chi connectivity index (χ4v) is 5.45. The van der Waals surface area contributed by atoms with Crippen LogP contribution in [0.2, 0.25) is 0 Å². The molecule has 4 rings (SSSR count). The third-order valence-electron chi connectivity index (χ3n) is 6.21. The lowest BCUT2D eigenvalue weighted by atomic mass is 9.81. The molecule has 2 saturated heterocycles. The minimum Gasteiger partial charge on any atom is -0.335 e. The number of thiophene rings is 1. The summed E-state index contributed by atoms with van der Waals surface area (Å²) < 4.78 is 0. The molecular weight excluding hydrogens is 366 g/mol. The van der Waals surface area contributed by atoms with Crippen molar-refractivity contribution in [3.8, 4) is 0 Å². The van der Waals surface area contributed by atoms with Gasteiger partial charge in [-0.05, 0) is 60.7 Å². The minimum absolute atomic E-state index is 0.0768. The molecule has 0 saturated carbocycles. The molecule has 2 aliphatic heterocycles. The van der Waals surface area contributed by atoms with Crippen LogP contribution in [-0.4, -0.2) is 29.1 Å². The Labute approximate surface area is 172 Å². The third kappa shape index (κ3) is 4.58. The fraction of sp³-hybridized carbons (Fsp3) is 0.522. The van der Waals surface area contributed by atoms with Crippen LogP contribution in [0.25, 0.3) is 0 Å². The van der Waals surface area contributed by atoms with Crippen LogP contribution < -0.4 is 10.6 Å². The molecule has 0 spiro atoms. The SMILES string of the molecule is CC(C)c1ccc(NC(=O)NC2C[C@H]3CCC[C@H](C2)N3Cc2cccs2)cc1. The summed E-state index contributed by atoms with van der Waals surface area (Å²) in [4.78, 5) is 16.7. The van der Waals surface area contributed by atoms with Gasteiger partial charge >= 0.3 is 6.03 Å². The molecule has 28 heavy (non-hydrogen) atoms. The predicted octanol–water partition coefficient (Wildman–Crippen LogP) is 5.58. The molecule has 5 heteroatoms. The van der Waals surface area contributed by atoms with Gasteiger partial charge in [-0.3, -0.25) is 4.90 Å². The van der Waals surface area contributed by atoms with Crippen molar-refractivity contribution in [3.63, 3.8) is 0 Å². The van der Waals surface area contributed by atoms with E-state index >= 15 is 0 Å². The highest BCUT2D eigenvalue weighted by Crippen LogP contribution is 2.35. The van der Waals surface area contributed by atoms with Crippen molar-refractivity contribution >= 4 is 23.1 Å². The Hall–Kier alpha value is -1.85. The molecule has 2 aliphatic rings. The van der Waals surface area contributed by atoms with E-state index in [1.54, 1.807) is 0 Å². The van der Waals surface area contributed by atoms with Crippen LogP contribution in [0.4, 0.5) is 10.5 Å². The molecule has 150 valence electrons. The van der Waals surface area contributed by atoms with E-state index in [1.165, 1.54) is 29.7 Å². The number of fused-ring (bicyclic) bond motifs is 2. The number of carbonyl (C=O) groups excluding carboxylic acids is 1. The normalized spacial score (nSPS) is 24.9. The van der Waals surface area contributed by atoms with E-state index in [0.29, 0.717) is 18.0 Å². The van der Waals surface area contributed by atoms with E-state index in [-0.39, 0.29) is 12.1 Å². The first-order chi connectivity index (χ1) is 13.6. The average Bonchev–Trinajstić information content (AvgIpc) is 3.16. The van der Waals surface area contributed by atoms with Gasteiger partial charge in [0.2, 0.25) is 0 Å². The highest BCUT2D eigenvalue weighted by molar-refractivity contribution is 7.09. The molecule has 2 amide bonds. The maximum atomic E-state index is 12.5. The first kappa shape index (κ1) is 19.5. The zero-order valence-electron chi connectivity index (χ0n) is 16.9. The van der Waals surface area contributed by atoms with E-state index in [0.717, 1.165) is 25.1 Å². The molecule has 2 N–H and O–H groups in total. The van der Waals surface area contributed by atoms with Gasteiger partial charge in [-0.2, -0.15) is 0 Å². The third-order valence-corrected chi connectivity index (χ3v) is 7.08. The van der Waals surface area contributed by atoms with Crippen molar-refractivity contribution < 1.29 is 4.79 Å². The molecule has 0 radical (unpaired) electrons. The quantitative estimate of drug-likeness (QED) is 0.692. The second-order valence-corrected chi connectivity index (χ2v) is 9.57. The van der Waals surface area contributed by atoms with Crippen LogP contribution >= 0.6 is 11.3 Å². The predicted molar refractivity (Wildman–Crippen MR) is 117 cm³/mol. The smallest absolute Gasteiger partial charge is 0.319 e. The Morgan fingerprint density at radius 3 is 2.46 bits per heavy atom. The Morgan fingerprint density at radius 1 is 1.14 bits per heavy atom. The lowest BCUT2D eigenvalue weighted by Crippen LogP contribution is -2.56. The number of urea groups is 1. The van der Waals surface area contributed by atoms with Crippen LogP contribution in [0.1, 0.15) is 62.3 Å². The summed E-state index contributed by atoms with van der Waals surface area (Å²) in [5.41, 5.74) is 2.15. The van der Waals surface area contributed by atoms with Gasteiger partial charge in [0.25, 0.3) is 0 Å². The van der Waals surface area contributed by atoms with Crippen molar-refractivity contribution in [2.24, 2.45) is 0 Å². The van der Waals surface area contributed by atoms with Gasteiger partial charge in [0.1, 0.15) is 0 Å². The Balaban J connectivity index is 1.32. The lowest BCUT2D eigenvalue weighted by Gasteiger charge is -2.48. The molecule has 0 aliphatic carbocycles. The van der Waals surface area contributed by atoms with Gasteiger partial charge in [-0.15, -0.1) is 11.3 Å². The number of nitrogens with zero attached hydrogens (tertiary/aromatic N) is 1. The maximum absolute atomic E-state index is 12.5. The van der Waals surface area contributed by atoms with Crippen LogP contribution in [-0.2, 0) is 6.54 Å². The summed E-state index contributed by atoms with van der Waals surface area (Å²) in [6, 6.07) is 13.9. The number of hydrogen-bond donors (Lipinski definition) is 2. The van der Waals surface area contributed by atoms with E-state index in [4.69, 9.17) is 0 Å². The number of anilines is 1. The average molecular weight is 398 g/mol. The Kier molecular flexibility index (Phi) is 6.02. The molecule has 3 heterocycles. The Morgan fingerprint density at radius 2 is 1.86 bits per heavy atom. The molecule has 4 nitrogen and oxygen atoms in total. The van der Waals surface area contributed by atoms with Crippen LogP contribution in [0.15, 0.2) is 41.8 Å². The zero-order chi connectivity index (χ0) is 19.5. The second-order valence-electron chi connectivity index (χ2n) is 8.53. The molecule has 1 aromatic heterocycles. The fourth-order valence-electron chi connectivity index (χ4n) is 4.74. The number of rotatable bonds is 5. The number of hydrogen-bond acceptors (Lipinski definition) is 3.